The van der Waals surface area contributed by atoms with Crippen molar-refractivity contribution in [3.63, 3.8) is 0 Å². The predicted octanol–water partition coefficient (Wildman–Crippen LogP) is 3.03. The quantitative estimate of drug-likeness (QED) is 0.829. The van der Waals surface area contributed by atoms with E-state index >= 15 is 0 Å². The molecule has 2 amide bonds. The van der Waals surface area contributed by atoms with Gasteiger partial charge in [-0.05, 0) is 56.1 Å². The molecule has 2 aliphatic rings. The van der Waals surface area contributed by atoms with Gasteiger partial charge >= 0.3 is 0 Å². The highest BCUT2D eigenvalue weighted by molar-refractivity contribution is 5.94. The maximum atomic E-state index is 13.5. The molecule has 4 unspecified atom stereocenters. The van der Waals surface area contributed by atoms with Gasteiger partial charge in [-0.15, -0.1) is 0 Å². The Hall–Kier alpha value is -1.98. The van der Waals surface area contributed by atoms with Crippen LogP contribution in [0.2, 0.25) is 0 Å². The van der Waals surface area contributed by atoms with Gasteiger partial charge in [0.1, 0.15) is 11.6 Å². The Kier molecular flexibility index (Phi) is 5.35. The van der Waals surface area contributed by atoms with Gasteiger partial charge in [-0.1, -0.05) is 6.42 Å². The topological polar surface area (TPSA) is 58.2 Å². The summed E-state index contributed by atoms with van der Waals surface area (Å²) in [5.74, 6) is -0.275. The number of nitrogens with one attached hydrogen (secondary N) is 2. The minimum absolute atomic E-state index is 0.116. The van der Waals surface area contributed by atoms with E-state index in [1.165, 1.54) is 25.7 Å². The SMILES string of the molecule is CC(NC(=O)CCNC(=O)c1ccc(F)cc1F)C1CC2CCC1C2. The minimum Gasteiger partial charge on any atom is -0.353 e. The van der Waals surface area contributed by atoms with E-state index in [9.17, 15) is 18.4 Å². The first kappa shape index (κ1) is 17.8. The normalized spacial score (nSPS) is 25.6. The lowest BCUT2D eigenvalue weighted by molar-refractivity contribution is -0.122. The molecule has 0 heterocycles. The molecule has 4 nitrogen and oxygen atoms in total. The fourth-order valence-corrected chi connectivity index (χ4v) is 4.40. The predicted molar refractivity (Wildman–Crippen MR) is 89.9 cm³/mol. The number of hydrogen-bond donors (Lipinski definition) is 2. The van der Waals surface area contributed by atoms with Crippen LogP contribution >= 0.6 is 0 Å². The molecule has 0 aliphatic heterocycles. The zero-order valence-electron chi connectivity index (χ0n) is 14.4. The smallest absolute Gasteiger partial charge is 0.254 e. The zero-order valence-corrected chi connectivity index (χ0v) is 14.4. The highest BCUT2D eigenvalue weighted by Crippen LogP contribution is 2.49. The van der Waals surface area contributed by atoms with E-state index in [0.29, 0.717) is 12.0 Å². The Morgan fingerprint density at radius 2 is 2.04 bits per heavy atom. The van der Waals surface area contributed by atoms with Crippen molar-refractivity contribution in [1.82, 2.24) is 10.6 Å². The molecule has 6 heteroatoms. The Morgan fingerprint density at radius 1 is 1.24 bits per heavy atom. The standard InChI is InChI=1S/C19H24F2N2O2/c1-11(16-9-12-2-3-13(16)8-12)23-18(24)6-7-22-19(25)15-5-4-14(20)10-17(15)21/h4-5,10-13,16H,2-3,6-9H2,1H3,(H,22,25)(H,23,24). The Balaban J connectivity index is 1.41. The van der Waals surface area contributed by atoms with Crippen molar-refractivity contribution >= 4 is 11.8 Å². The second kappa shape index (κ2) is 7.50. The van der Waals surface area contributed by atoms with Crippen LogP contribution in [0.5, 0.6) is 0 Å². The number of halogens is 2. The largest absolute Gasteiger partial charge is 0.353 e. The lowest BCUT2D eigenvalue weighted by atomic mass is 9.84. The second-order valence-corrected chi connectivity index (χ2v) is 7.32. The molecule has 25 heavy (non-hydrogen) atoms. The number of benzene rings is 1. The van der Waals surface area contributed by atoms with Gasteiger partial charge < -0.3 is 10.6 Å². The van der Waals surface area contributed by atoms with E-state index in [1.54, 1.807) is 0 Å². The van der Waals surface area contributed by atoms with Gasteiger partial charge in [0.05, 0.1) is 5.56 Å². The minimum atomic E-state index is -0.910. The van der Waals surface area contributed by atoms with Crippen LogP contribution in [0, 0.1) is 29.4 Å². The Labute approximate surface area is 146 Å². The monoisotopic (exact) mass is 350 g/mol. The van der Waals surface area contributed by atoms with Crippen LogP contribution in [0.4, 0.5) is 8.78 Å². The fraction of sp³-hybridized carbons (Fsp3) is 0.579. The van der Waals surface area contributed by atoms with Crippen molar-refractivity contribution < 1.29 is 18.4 Å². The number of fused-ring (bicyclic) bond motifs is 2. The molecule has 2 bridgehead atoms. The molecule has 0 spiro atoms. The van der Waals surface area contributed by atoms with Crippen molar-refractivity contribution in [2.75, 3.05) is 6.54 Å². The molecular weight excluding hydrogens is 326 g/mol. The third-order valence-electron chi connectivity index (χ3n) is 5.64. The van der Waals surface area contributed by atoms with E-state index in [4.69, 9.17) is 0 Å². The molecular formula is C19H24F2N2O2. The lowest BCUT2D eigenvalue weighted by Crippen LogP contribution is -2.41. The van der Waals surface area contributed by atoms with Gasteiger partial charge in [0, 0.05) is 25.1 Å². The molecule has 2 N–H and O–H groups in total. The first-order valence-electron chi connectivity index (χ1n) is 8.96. The second-order valence-electron chi connectivity index (χ2n) is 7.32. The molecule has 2 saturated carbocycles. The highest BCUT2D eigenvalue weighted by Gasteiger charge is 2.42. The third-order valence-corrected chi connectivity index (χ3v) is 5.64. The number of rotatable bonds is 6. The molecule has 1 aromatic carbocycles. The molecule has 4 atom stereocenters. The number of amides is 2. The summed E-state index contributed by atoms with van der Waals surface area (Å²) >= 11 is 0. The van der Waals surface area contributed by atoms with Crippen molar-refractivity contribution in [3.05, 3.63) is 35.4 Å². The summed E-state index contributed by atoms with van der Waals surface area (Å²) in [7, 11) is 0. The Bertz CT molecular complexity index is 665. The van der Waals surface area contributed by atoms with E-state index in [2.05, 4.69) is 17.6 Å². The van der Waals surface area contributed by atoms with Crippen LogP contribution in [-0.4, -0.2) is 24.4 Å². The molecule has 0 aromatic heterocycles. The van der Waals surface area contributed by atoms with Gasteiger partial charge in [-0.3, -0.25) is 9.59 Å². The van der Waals surface area contributed by atoms with Gasteiger partial charge in [0.25, 0.3) is 5.91 Å². The van der Waals surface area contributed by atoms with Crippen molar-refractivity contribution in [2.45, 2.75) is 45.1 Å². The lowest BCUT2D eigenvalue weighted by Gasteiger charge is -2.28. The van der Waals surface area contributed by atoms with Crippen LogP contribution in [0.15, 0.2) is 18.2 Å². The molecule has 2 aliphatic carbocycles. The van der Waals surface area contributed by atoms with E-state index in [1.807, 2.05) is 0 Å². The van der Waals surface area contributed by atoms with Crippen molar-refractivity contribution in [1.29, 1.82) is 0 Å². The first-order chi connectivity index (χ1) is 11.9. The summed E-state index contributed by atoms with van der Waals surface area (Å²) in [6.45, 7) is 2.17. The van der Waals surface area contributed by atoms with Crippen molar-refractivity contribution in [3.8, 4) is 0 Å². The average Bonchev–Trinajstić information content (AvgIpc) is 3.17. The van der Waals surface area contributed by atoms with Gasteiger partial charge in [0.15, 0.2) is 0 Å². The molecule has 0 radical (unpaired) electrons. The van der Waals surface area contributed by atoms with Gasteiger partial charge in [-0.2, -0.15) is 0 Å². The maximum Gasteiger partial charge on any atom is 0.254 e. The zero-order chi connectivity index (χ0) is 18.0. The third kappa shape index (κ3) is 4.17. The van der Waals surface area contributed by atoms with Crippen LogP contribution in [-0.2, 0) is 4.79 Å². The summed E-state index contributed by atoms with van der Waals surface area (Å²) in [4.78, 5) is 23.9. The Morgan fingerprint density at radius 3 is 2.68 bits per heavy atom. The summed E-state index contributed by atoms with van der Waals surface area (Å²) in [6.07, 6.45) is 5.24. The van der Waals surface area contributed by atoms with Gasteiger partial charge in [-0.25, -0.2) is 8.78 Å². The average molecular weight is 350 g/mol. The molecule has 136 valence electrons. The number of hydrogen-bond acceptors (Lipinski definition) is 2. The number of carbonyl (C=O) groups excluding carboxylic acids is 2. The molecule has 1 aromatic rings. The van der Waals surface area contributed by atoms with Crippen LogP contribution < -0.4 is 10.6 Å². The highest BCUT2D eigenvalue weighted by atomic mass is 19.1. The summed E-state index contributed by atoms with van der Waals surface area (Å²) in [6, 6.07) is 2.94. The van der Waals surface area contributed by atoms with Crippen LogP contribution in [0.1, 0.15) is 49.4 Å². The van der Waals surface area contributed by atoms with Gasteiger partial charge in [0.2, 0.25) is 5.91 Å². The molecule has 3 rings (SSSR count). The van der Waals surface area contributed by atoms with Crippen LogP contribution in [0.3, 0.4) is 0 Å². The number of carbonyl (C=O) groups is 2. The van der Waals surface area contributed by atoms with Crippen molar-refractivity contribution in [2.24, 2.45) is 17.8 Å². The fourth-order valence-electron chi connectivity index (χ4n) is 4.40. The van der Waals surface area contributed by atoms with Crippen LogP contribution in [0.25, 0.3) is 0 Å². The summed E-state index contributed by atoms with van der Waals surface area (Å²) in [5.41, 5.74) is -0.225. The molecule has 2 fully saturated rings. The first-order valence-corrected chi connectivity index (χ1v) is 8.96. The summed E-state index contributed by atoms with van der Waals surface area (Å²) in [5, 5.41) is 5.52. The van der Waals surface area contributed by atoms with E-state index in [-0.39, 0.29) is 30.5 Å². The van der Waals surface area contributed by atoms with E-state index < -0.39 is 17.5 Å². The molecule has 0 saturated heterocycles. The van der Waals surface area contributed by atoms with E-state index in [0.717, 1.165) is 24.0 Å². The summed E-state index contributed by atoms with van der Waals surface area (Å²) < 4.78 is 26.4. The maximum absolute atomic E-state index is 13.5.